The average Bonchev–Trinajstić information content (AvgIpc) is 2.62. The fraction of sp³-hybridized carbons (Fsp3) is 0.250. The molecule has 2 heterocycles. The Labute approximate surface area is 143 Å². The van der Waals surface area contributed by atoms with Crippen molar-refractivity contribution in [1.29, 1.82) is 0 Å². The van der Waals surface area contributed by atoms with Gasteiger partial charge in [0.25, 0.3) is 11.6 Å². The van der Waals surface area contributed by atoms with Gasteiger partial charge in [-0.3, -0.25) is 14.9 Å². The number of amides is 1. The number of benzene rings is 1. The van der Waals surface area contributed by atoms with Gasteiger partial charge in [0.2, 0.25) is 0 Å². The van der Waals surface area contributed by atoms with Crippen molar-refractivity contribution in [1.82, 2.24) is 9.88 Å². The Morgan fingerprint density at radius 3 is 2.42 bits per heavy atom. The molecule has 7 nitrogen and oxygen atoms in total. The SMILES string of the molecule is O=C(c1ccccc1Cl)N1CCN(c2ccc([N+](=O)[O-])cn2)CC1. The van der Waals surface area contributed by atoms with Crippen LogP contribution in [0.4, 0.5) is 11.5 Å². The molecule has 24 heavy (non-hydrogen) atoms. The fourth-order valence-electron chi connectivity index (χ4n) is 2.62. The average molecular weight is 347 g/mol. The Morgan fingerprint density at radius 1 is 1.12 bits per heavy atom. The molecule has 1 aromatic heterocycles. The largest absolute Gasteiger partial charge is 0.353 e. The van der Waals surface area contributed by atoms with Crippen LogP contribution in [0.3, 0.4) is 0 Å². The standard InChI is InChI=1S/C16H15ClN4O3/c17-14-4-2-1-3-13(14)16(22)20-9-7-19(8-10-20)15-6-5-12(11-18-15)21(23)24/h1-6,11H,7-10H2. The van der Waals surface area contributed by atoms with Crippen LogP contribution in [0.15, 0.2) is 42.6 Å². The minimum Gasteiger partial charge on any atom is -0.353 e. The van der Waals surface area contributed by atoms with Crippen LogP contribution in [0.25, 0.3) is 0 Å². The molecule has 2 aromatic rings. The number of nitrogens with zero attached hydrogens (tertiary/aromatic N) is 4. The van der Waals surface area contributed by atoms with Gasteiger partial charge in [0, 0.05) is 32.2 Å². The number of rotatable bonds is 3. The van der Waals surface area contributed by atoms with Gasteiger partial charge in [0.15, 0.2) is 0 Å². The summed E-state index contributed by atoms with van der Waals surface area (Å²) in [4.78, 5) is 30.6. The lowest BCUT2D eigenvalue weighted by Crippen LogP contribution is -2.49. The number of pyridine rings is 1. The van der Waals surface area contributed by atoms with Gasteiger partial charge in [-0.25, -0.2) is 4.98 Å². The Kier molecular flexibility index (Phi) is 4.61. The Hall–Kier alpha value is -2.67. The summed E-state index contributed by atoms with van der Waals surface area (Å²) in [5.41, 5.74) is 0.465. The van der Waals surface area contributed by atoms with Crippen molar-refractivity contribution in [3.8, 4) is 0 Å². The molecule has 3 rings (SSSR count). The Bertz CT molecular complexity index is 758. The summed E-state index contributed by atoms with van der Waals surface area (Å²) < 4.78 is 0. The molecule has 1 fully saturated rings. The molecule has 0 saturated carbocycles. The first-order valence-electron chi connectivity index (χ1n) is 7.45. The van der Waals surface area contributed by atoms with Crippen LogP contribution in [0, 0.1) is 10.1 Å². The van der Waals surface area contributed by atoms with E-state index in [9.17, 15) is 14.9 Å². The van der Waals surface area contributed by atoms with Crippen molar-refractivity contribution < 1.29 is 9.72 Å². The summed E-state index contributed by atoms with van der Waals surface area (Å²) >= 11 is 6.08. The smallest absolute Gasteiger partial charge is 0.287 e. The van der Waals surface area contributed by atoms with Crippen LogP contribution in [-0.2, 0) is 0 Å². The van der Waals surface area contributed by atoms with Crippen LogP contribution in [0.5, 0.6) is 0 Å². The lowest BCUT2D eigenvalue weighted by atomic mass is 10.2. The molecule has 0 aliphatic carbocycles. The number of carbonyl (C=O) groups excluding carboxylic acids is 1. The van der Waals surface area contributed by atoms with Gasteiger partial charge >= 0.3 is 0 Å². The molecule has 0 bridgehead atoms. The molecule has 0 atom stereocenters. The zero-order chi connectivity index (χ0) is 17.1. The third-order valence-corrected chi connectivity index (χ3v) is 4.27. The van der Waals surface area contributed by atoms with Crippen LogP contribution >= 0.6 is 11.6 Å². The third kappa shape index (κ3) is 3.30. The predicted molar refractivity (Wildman–Crippen MR) is 90.5 cm³/mol. The van der Waals surface area contributed by atoms with E-state index in [1.54, 1.807) is 35.2 Å². The zero-order valence-corrected chi connectivity index (χ0v) is 13.5. The van der Waals surface area contributed by atoms with Crippen LogP contribution in [0.1, 0.15) is 10.4 Å². The number of carbonyl (C=O) groups is 1. The molecule has 0 radical (unpaired) electrons. The summed E-state index contributed by atoms with van der Waals surface area (Å²) in [6, 6.07) is 10.1. The third-order valence-electron chi connectivity index (χ3n) is 3.94. The van der Waals surface area contributed by atoms with Gasteiger partial charge in [0.05, 0.1) is 15.5 Å². The number of hydrogen-bond acceptors (Lipinski definition) is 5. The highest BCUT2D eigenvalue weighted by atomic mass is 35.5. The van der Waals surface area contributed by atoms with Gasteiger partial charge in [-0.2, -0.15) is 0 Å². The molecule has 8 heteroatoms. The highest BCUT2D eigenvalue weighted by Gasteiger charge is 2.24. The van der Waals surface area contributed by atoms with Crippen molar-refractivity contribution in [2.45, 2.75) is 0 Å². The summed E-state index contributed by atoms with van der Waals surface area (Å²) in [5, 5.41) is 11.1. The van der Waals surface area contributed by atoms with E-state index in [-0.39, 0.29) is 11.6 Å². The van der Waals surface area contributed by atoms with Gasteiger partial charge in [-0.05, 0) is 18.2 Å². The minimum atomic E-state index is -0.475. The summed E-state index contributed by atoms with van der Waals surface area (Å²) in [6.07, 6.45) is 1.25. The first-order chi connectivity index (χ1) is 11.6. The van der Waals surface area contributed by atoms with E-state index in [2.05, 4.69) is 4.98 Å². The van der Waals surface area contributed by atoms with Gasteiger partial charge < -0.3 is 9.80 Å². The second-order valence-electron chi connectivity index (χ2n) is 5.39. The number of hydrogen-bond donors (Lipinski definition) is 0. The Morgan fingerprint density at radius 2 is 1.83 bits per heavy atom. The monoisotopic (exact) mass is 346 g/mol. The maximum Gasteiger partial charge on any atom is 0.287 e. The normalized spacial score (nSPS) is 14.5. The lowest BCUT2D eigenvalue weighted by molar-refractivity contribution is -0.385. The maximum atomic E-state index is 12.5. The van der Waals surface area contributed by atoms with Gasteiger partial charge in [0.1, 0.15) is 12.0 Å². The molecule has 1 saturated heterocycles. The second-order valence-corrected chi connectivity index (χ2v) is 5.80. The fourth-order valence-corrected chi connectivity index (χ4v) is 2.83. The first kappa shape index (κ1) is 16.2. The highest BCUT2D eigenvalue weighted by molar-refractivity contribution is 6.33. The zero-order valence-electron chi connectivity index (χ0n) is 12.8. The molecule has 1 aromatic carbocycles. The molecule has 0 unspecified atom stereocenters. The van der Waals surface area contributed by atoms with Crippen molar-refractivity contribution in [3.63, 3.8) is 0 Å². The van der Waals surface area contributed by atoms with Crippen LogP contribution < -0.4 is 4.90 Å². The van der Waals surface area contributed by atoms with E-state index in [1.165, 1.54) is 12.3 Å². The van der Waals surface area contributed by atoms with Crippen molar-refractivity contribution in [2.75, 3.05) is 31.1 Å². The number of anilines is 1. The summed E-state index contributed by atoms with van der Waals surface area (Å²) in [6.45, 7) is 2.31. The maximum absolute atomic E-state index is 12.5. The van der Waals surface area contributed by atoms with E-state index in [0.717, 1.165) is 0 Å². The number of halogens is 1. The van der Waals surface area contributed by atoms with E-state index in [4.69, 9.17) is 11.6 Å². The van der Waals surface area contributed by atoms with Crippen molar-refractivity contribution in [2.24, 2.45) is 0 Å². The van der Waals surface area contributed by atoms with E-state index in [1.807, 2.05) is 4.90 Å². The Balaban J connectivity index is 1.64. The molecule has 0 N–H and O–H groups in total. The first-order valence-corrected chi connectivity index (χ1v) is 7.83. The van der Waals surface area contributed by atoms with Crippen molar-refractivity contribution >= 4 is 29.0 Å². The lowest BCUT2D eigenvalue weighted by Gasteiger charge is -2.35. The molecule has 1 aliphatic heterocycles. The van der Waals surface area contributed by atoms with Gasteiger partial charge in [-0.1, -0.05) is 23.7 Å². The predicted octanol–water partition coefficient (Wildman–Crippen LogP) is 2.61. The van der Waals surface area contributed by atoms with E-state index >= 15 is 0 Å². The molecule has 124 valence electrons. The molecular formula is C16H15ClN4O3. The number of aromatic nitrogens is 1. The molecule has 1 aliphatic rings. The number of nitro groups is 1. The summed E-state index contributed by atoms with van der Waals surface area (Å²) in [5.74, 6) is 0.586. The quantitative estimate of drug-likeness (QED) is 0.630. The van der Waals surface area contributed by atoms with Crippen LogP contribution in [-0.4, -0.2) is 46.9 Å². The molecular weight excluding hydrogens is 332 g/mol. The van der Waals surface area contributed by atoms with E-state index < -0.39 is 4.92 Å². The second kappa shape index (κ2) is 6.84. The minimum absolute atomic E-state index is 0.0358. The summed E-state index contributed by atoms with van der Waals surface area (Å²) in [7, 11) is 0. The molecule has 1 amide bonds. The molecule has 0 spiro atoms. The van der Waals surface area contributed by atoms with Crippen molar-refractivity contribution in [3.05, 3.63) is 63.3 Å². The van der Waals surface area contributed by atoms with Gasteiger partial charge in [-0.15, -0.1) is 0 Å². The number of piperazine rings is 1. The highest BCUT2D eigenvalue weighted by Crippen LogP contribution is 2.20. The topological polar surface area (TPSA) is 79.6 Å². The van der Waals surface area contributed by atoms with E-state index in [0.29, 0.717) is 42.6 Å². The van der Waals surface area contributed by atoms with Crippen LogP contribution in [0.2, 0.25) is 5.02 Å².